The highest BCUT2D eigenvalue weighted by Crippen LogP contribution is 2.14. The molecule has 130 valence electrons. The van der Waals surface area contributed by atoms with E-state index in [1.807, 2.05) is 0 Å². The molecule has 0 saturated carbocycles. The van der Waals surface area contributed by atoms with Crippen LogP contribution in [0.15, 0.2) is 54.6 Å². The van der Waals surface area contributed by atoms with Crippen LogP contribution in [0.1, 0.15) is 11.1 Å². The molecule has 8 nitrogen and oxygen atoms in total. The number of sulfonamides is 1. The molecule has 0 heterocycles. The minimum Gasteiger partial charge on any atom is -0.323 e. The molecule has 25 heavy (non-hydrogen) atoms. The summed E-state index contributed by atoms with van der Waals surface area (Å²) in [6.07, 6.45) is 2.81. The van der Waals surface area contributed by atoms with Crippen molar-refractivity contribution in [3.63, 3.8) is 0 Å². The molecule has 9 heteroatoms. The summed E-state index contributed by atoms with van der Waals surface area (Å²) in [4.78, 5) is 21.9. The van der Waals surface area contributed by atoms with E-state index in [1.165, 1.54) is 36.4 Å². The zero-order valence-corrected chi connectivity index (χ0v) is 13.8. The highest BCUT2D eigenvalue weighted by molar-refractivity contribution is 7.88. The predicted molar refractivity (Wildman–Crippen MR) is 94.0 cm³/mol. The Kier molecular flexibility index (Phi) is 5.63. The maximum absolute atomic E-state index is 11.9. The van der Waals surface area contributed by atoms with Crippen molar-refractivity contribution in [2.75, 3.05) is 5.32 Å². The van der Waals surface area contributed by atoms with Gasteiger partial charge in [-0.05, 0) is 41.5 Å². The summed E-state index contributed by atoms with van der Waals surface area (Å²) >= 11 is 0. The lowest BCUT2D eigenvalue weighted by atomic mass is 10.2. The number of primary sulfonamides is 1. The smallest absolute Gasteiger partial charge is 0.269 e. The lowest BCUT2D eigenvalue weighted by Crippen LogP contribution is -2.14. The molecular formula is C16H15N3O5S. The van der Waals surface area contributed by atoms with Crippen LogP contribution in [0.5, 0.6) is 0 Å². The molecule has 1 amide bonds. The molecule has 0 aliphatic rings. The number of nitrogens with two attached hydrogens (primary N) is 1. The van der Waals surface area contributed by atoms with Gasteiger partial charge in [0, 0.05) is 23.9 Å². The standard InChI is InChI=1S/C16H15N3O5S/c17-25(23,24)11-13-1-6-14(7-2-13)18-16(20)10-5-12-3-8-15(9-4-12)19(21)22/h1-10H,11H2,(H,18,20)(H2,17,23,24)/b10-5+. The van der Waals surface area contributed by atoms with E-state index in [1.54, 1.807) is 24.3 Å². The van der Waals surface area contributed by atoms with Gasteiger partial charge in [0.05, 0.1) is 10.7 Å². The number of benzene rings is 2. The first-order chi connectivity index (χ1) is 11.7. The summed E-state index contributed by atoms with van der Waals surface area (Å²) in [7, 11) is -3.60. The fourth-order valence-electron chi connectivity index (χ4n) is 1.98. The summed E-state index contributed by atoms with van der Waals surface area (Å²) in [6.45, 7) is 0. The SMILES string of the molecule is NS(=O)(=O)Cc1ccc(NC(=O)/C=C/c2ccc([N+](=O)[O-])cc2)cc1. The molecule has 0 spiro atoms. The highest BCUT2D eigenvalue weighted by Gasteiger charge is 2.06. The van der Waals surface area contributed by atoms with Gasteiger partial charge in [-0.2, -0.15) is 0 Å². The van der Waals surface area contributed by atoms with Crippen LogP contribution in [0.25, 0.3) is 6.08 Å². The zero-order chi connectivity index (χ0) is 18.4. The summed E-state index contributed by atoms with van der Waals surface area (Å²) in [6, 6.07) is 12.0. The predicted octanol–water partition coefficient (Wildman–Crippen LogP) is 2.04. The van der Waals surface area contributed by atoms with E-state index in [4.69, 9.17) is 5.14 Å². The van der Waals surface area contributed by atoms with Crippen LogP contribution in [0.4, 0.5) is 11.4 Å². The number of nitrogens with one attached hydrogen (secondary N) is 1. The van der Waals surface area contributed by atoms with Crippen molar-refractivity contribution in [1.82, 2.24) is 0 Å². The molecule has 0 aliphatic heterocycles. The first-order valence-electron chi connectivity index (χ1n) is 7.06. The molecule has 0 atom stereocenters. The van der Waals surface area contributed by atoms with Crippen molar-refractivity contribution in [2.45, 2.75) is 5.75 Å². The Labute approximate surface area is 144 Å². The third kappa shape index (κ3) is 6.16. The largest absolute Gasteiger partial charge is 0.323 e. The van der Waals surface area contributed by atoms with Crippen LogP contribution in [-0.2, 0) is 20.6 Å². The van der Waals surface area contributed by atoms with Gasteiger partial charge in [0.1, 0.15) is 0 Å². The molecule has 0 unspecified atom stereocenters. The van der Waals surface area contributed by atoms with Gasteiger partial charge >= 0.3 is 0 Å². The van der Waals surface area contributed by atoms with Gasteiger partial charge < -0.3 is 5.32 Å². The van der Waals surface area contributed by atoms with Crippen molar-refractivity contribution < 1.29 is 18.1 Å². The maximum atomic E-state index is 11.9. The lowest BCUT2D eigenvalue weighted by molar-refractivity contribution is -0.384. The van der Waals surface area contributed by atoms with Crippen LogP contribution < -0.4 is 10.5 Å². The number of hydrogen-bond donors (Lipinski definition) is 2. The van der Waals surface area contributed by atoms with Crippen LogP contribution in [0.2, 0.25) is 0 Å². The topological polar surface area (TPSA) is 132 Å². The average Bonchev–Trinajstić information content (AvgIpc) is 2.54. The Balaban J connectivity index is 1.96. The van der Waals surface area contributed by atoms with Gasteiger partial charge in [-0.25, -0.2) is 13.6 Å². The first-order valence-corrected chi connectivity index (χ1v) is 8.77. The number of carbonyl (C=O) groups is 1. The minimum absolute atomic E-state index is 0.0267. The first kappa shape index (κ1) is 18.3. The monoisotopic (exact) mass is 361 g/mol. The fourth-order valence-corrected chi connectivity index (χ4v) is 2.64. The average molecular weight is 361 g/mol. The van der Waals surface area contributed by atoms with Crippen molar-refractivity contribution in [2.24, 2.45) is 5.14 Å². The molecule has 2 aromatic carbocycles. The molecule has 0 bridgehead atoms. The molecule has 0 aromatic heterocycles. The van der Waals surface area contributed by atoms with Gasteiger partial charge in [-0.15, -0.1) is 0 Å². The third-order valence-corrected chi connectivity index (χ3v) is 3.86. The van der Waals surface area contributed by atoms with E-state index in [9.17, 15) is 23.3 Å². The molecule has 0 saturated heterocycles. The number of anilines is 1. The second kappa shape index (κ2) is 7.69. The van der Waals surface area contributed by atoms with E-state index >= 15 is 0 Å². The Bertz CT molecular complexity index is 904. The second-order valence-corrected chi connectivity index (χ2v) is 6.79. The van der Waals surface area contributed by atoms with Gasteiger partial charge in [-0.3, -0.25) is 14.9 Å². The van der Waals surface area contributed by atoms with E-state index in [-0.39, 0.29) is 11.4 Å². The van der Waals surface area contributed by atoms with Crippen LogP contribution >= 0.6 is 0 Å². The van der Waals surface area contributed by atoms with Gasteiger partial charge in [0.25, 0.3) is 5.69 Å². The Morgan fingerprint density at radius 3 is 2.24 bits per heavy atom. The zero-order valence-electron chi connectivity index (χ0n) is 13.0. The highest BCUT2D eigenvalue weighted by atomic mass is 32.2. The maximum Gasteiger partial charge on any atom is 0.269 e. The van der Waals surface area contributed by atoms with Crippen LogP contribution in [0.3, 0.4) is 0 Å². The van der Waals surface area contributed by atoms with Crippen molar-refractivity contribution >= 4 is 33.4 Å². The lowest BCUT2D eigenvalue weighted by Gasteiger charge is -2.04. The van der Waals surface area contributed by atoms with Gasteiger partial charge in [0.15, 0.2) is 0 Å². The van der Waals surface area contributed by atoms with Gasteiger partial charge in [0.2, 0.25) is 15.9 Å². The summed E-state index contributed by atoms with van der Waals surface area (Å²) in [5, 5.41) is 18.1. The number of rotatable bonds is 6. The van der Waals surface area contributed by atoms with Crippen molar-refractivity contribution in [3.8, 4) is 0 Å². The summed E-state index contributed by atoms with van der Waals surface area (Å²) in [5.41, 5.74) is 1.63. The number of non-ortho nitro benzene ring substituents is 1. The van der Waals surface area contributed by atoms with E-state index in [0.29, 0.717) is 16.8 Å². The van der Waals surface area contributed by atoms with Crippen molar-refractivity contribution in [1.29, 1.82) is 0 Å². The number of nitrogens with zero attached hydrogens (tertiary/aromatic N) is 1. The van der Waals surface area contributed by atoms with E-state index < -0.39 is 20.9 Å². The molecular weight excluding hydrogens is 346 g/mol. The number of nitro groups is 1. The van der Waals surface area contributed by atoms with E-state index in [0.717, 1.165) is 0 Å². The molecule has 2 rings (SSSR count). The second-order valence-electron chi connectivity index (χ2n) is 5.18. The molecule has 2 aromatic rings. The molecule has 3 N–H and O–H groups in total. The van der Waals surface area contributed by atoms with Crippen LogP contribution in [-0.4, -0.2) is 19.2 Å². The Morgan fingerprint density at radius 2 is 1.72 bits per heavy atom. The van der Waals surface area contributed by atoms with Crippen molar-refractivity contribution in [3.05, 3.63) is 75.8 Å². The number of amides is 1. The molecule has 0 radical (unpaired) electrons. The summed E-state index contributed by atoms with van der Waals surface area (Å²) in [5.74, 6) is -0.668. The minimum atomic E-state index is -3.60. The number of hydrogen-bond acceptors (Lipinski definition) is 5. The Morgan fingerprint density at radius 1 is 1.12 bits per heavy atom. The normalized spacial score (nSPS) is 11.4. The van der Waals surface area contributed by atoms with Gasteiger partial charge in [-0.1, -0.05) is 12.1 Å². The Hall–Kier alpha value is -3.04. The third-order valence-electron chi connectivity index (χ3n) is 3.12. The molecule has 0 fully saturated rings. The van der Waals surface area contributed by atoms with E-state index in [2.05, 4.69) is 5.32 Å². The summed E-state index contributed by atoms with van der Waals surface area (Å²) < 4.78 is 22.0. The van der Waals surface area contributed by atoms with Crippen LogP contribution in [0, 0.1) is 10.1 Å². The fraction of sp³-hybridized carbons (Fsp3) is 0.0625. The number of nitro benzene ring substituents is 1. The number of carbonyl (C=O) groups excluding carboxylic acids is 1. The molecule has 0 aliphatic carbocycles. The quantitative estimate of drug-likeness (QED) is 0.461.